The summed E-state index contributed by atoms with van der Waals surface area (Å²) in [5.74, 6) is -2.90. The predicted octanol–water partition coefficient (Wildman–Crippen LogP) is 3.07. The van der Waals surface area contributed by atoms with Crippen molar-refractivity contribution in [2.24, 2.45) is 4.40 Å². The summed E-state index contributed by atoms with van der Waals surface area (Å²) in [4.78, 5) is 12.7. The third-order valence-electron chi connectivity index (χ3n) is 4.51. The van der Waals surface area contributed by atoms with Crippen LogP contribution in [0.3, 0.4) is 0 Å². The molecule has 13 heteroatoms. The summed E-state index contributed by atoms with van der Waals surface area (Å²) in [6.07, 6.45) is -2.93. The zero-order valence-electron chi connectivity index (χ0n) is 16.0. The minimum absolute atomic E-state index is 0.0338. The summed E-state index contributed by atoms with van der Waals surface area (Å²) < 4.78 is 60.0. The number of amidine groups is 1. The van der Waals surface area contributed by atoms with Crippen LogP contribution in [0.5, 0.6) is 0 Å². The largest absolute Gasteiger partial charge is 0.419 e. The lowest BCUT2D eigenvalue weighted by atomic mass is 9.99. The fraction of sp³-hybridized carbons (Fsp3) is 0.158. The number of benzene rings is 2. The third-order valence-corrected chi connectivity index (χ3v) is 6.50. The van der Waals surface area contributed by atoms with Gasteiger partial charge in [0, 0.05) is 10.1 Å². The fourth-order valence-electron chi connectivity index (χ4n) is 3.02. The van der Waals surface area contributed by atoms with E-state index in [2.05, 4.69) is 25.2 Å². The molecule has 0 saturated carbocycles. The van der Waals surface area contributed by atoms with Crippen LogP contribution in [0.1, 0.15) is 29.7 Å². The van der Waals surface area contributed by atoms with E-state index in [9.17, 15) is 22.0 Å². The average Bonchev–Trinajstić information content (AvgIpc) is 3.25. The topological polar surface area (TPSA) is 127 Å². The number of aromatic nitrogens is 2. The second-order valence-electron chi connectivity index (χ2n) is 6.63. The molecule has 1 aliphatic heterocycles. The molecule has 32 heavy (non-hydrogen) atoms. The second kappa shape index (κ2) is 8.90. The Labute approximate surface area is 194 Å². The van der Waals surface area contributed by atoms with Gasteiger partial charge in [-0.05, 0) is 46.4 Å². The van der Waals surface area contributed by atoms with E-state index >= 15 is 0 Å². The lowest BCUT2D eigenvalue weighted by Crippen LogP contribution is -2.40. The van der Waals surface area contributed by atoms with Gasteiger partial charge in [0.1, 0.15) is 4.90 Å². The summed E-state index contributed by atoms with van der Waals surface area (Å²) in [6, 6.07) is 13.3. The molecule has 1 amide bonds. The number of sulfonamides is 1. The van der Waals surface area contributed by atoms with Crippen LogP contribution in [0.15, 0.2) is 62.2 Å². The molecule has 0 aliphatic carbocycles. The van der Waals surface area contributed by atoms with Gasteiger partial charge in [-0.25, -0.2) is 0 Å². The molecule has 3 aromatic rings. The van der Waals surface area contributed by atoms with E-state index in [0.717, 1.165) is 0 Å². The minimum atomic E-state index is -4.07. The molecule has 9 nitrogen and oxygen atoms in total. The first-order valence-corrected chi connectivity index (χ1v) is 11.6. The van der Waals surface area contributed by atoms with Crippen molar-refractivity contribution in [3.8, 4) is 0 Å². The summed E-state index contributed by atoms with van der Waals surface area (Å²) in [6.45, 7) is -0.131. The fourth-order valence-corrected chi connectivity index (χ4v) is 4.86. The number of carbonyl (C=O) groups excluding carboxylic acids is 1. The number of anilines is 1. The number of carbonyl (C=O) groups is 1. The Morgan fingerprint density at radius 3 is 2.53 bits per heavy atom. The maximum atomic E-state index is 12.9. The molecule has 0 saturated heterocycles. The van der Waals surface area contributed by atoms with E-state index in [0.29, 0.717) is 9.13 Å². The van der Waals surface area contributed by atoms with Gasteiger partial charge in [0.15, 0.2) is 0 Å². The number of nitrogens with zero attached hydrogens (tertiary/aromatic N) is 3. The number of amides is 1. The summed E-state index contributed by atoms with van der Waals surface area (Å²) in [7, 11) is -4.07. The molecular weight excluding hydrogens is 559 g/mol. The van der Waals surface area contributed by atoms with E-state index in [1.165, 1.54) is 12.1 Å². The van der Waals surface area contributed by atoms with Crippen molar-refractivity contribution in [2.75, 3.05) is 11.9 Å². The van der Waals surface area contributed by atoms with Crippen LogP contribution < -0.4 is 10.6 Å². The van der Waals surface area contributed by atoms with Crippen LogP contribution in [0.2, 0.25) is 0 Å². The number of fused-ring (bicyclic) bond motifs is 1. The first-order chi connectivity index (χ1) is 15.2. The number of alkyl halides is 2. The molecule has 0 radical (unpaired) electrons. The number of halogens is 3. The molecule has 1 atom stereocenters. The van der Waals surface area contributed by atoms with Crippen LogP contribution in [0.25, 0.3) is 0 Å². The van der Waals surface area contributed by atoms with Gasteiger partial charge in [-0.3, -0.25) is 4.79 Å². The molecule has 1 aliphatic rings. The van der Waals surface area contributed by atoms with Crippen molar-refractivity contribution in [1.82, 2.24) is 15.5 Å². The monoisotopic (exact) mass is 573 g/mol. The number of hydrogen-bond donors (Lipinski definition) is 2. The lowest BCUT2D eigenvalue weighted by Gasteiger charge is -2.19. The minimum Gasteiger partial charge on any atom is -0.419 e. The summed E-state index contributed by atoms with van der Waals surface area (Å²) in [5.41, 5.74) is 0.854. The highest BCUT2D eigenvalue weighted by Gasteiger charge is 2.30. The van der Waals surface area contributed by atoms with Gasteiger partial charge in [-0.2, -0.15) is 17.2 Å². The molecule has 4 rings (SSSR count). The molecule has 2 aromatic carbocycles. The van der Waals surface area contributed by atoms with Crippen molar-refractivity contribution in [2.45, 2.75) is 17.2 Å². The first kappa shape index (κ1) is 22.3. The molecule has 0 spiro atoms. The molecule has 1 unspecified atom stereocenters. The highest BCUT2D eigenvalue weighted by molar-refractivity contribution is 14.1. The van der Waals surface area contributed by atoms with Gasteiger partial charge in [0.25, 0.3) is 21.8 Å². The summed E-state index contributed by atoms with van der Waals surface area (Å²) in [5, 5.41) is 12.3. The molecule has 0 bridgehead atoms. The van der Waals surface area contributed by atoms with Crippen molar-refractivity contribution in [3.05, 3.63) is 69.4 Å². The molecule has 166 valence electrons. The number of nitrogens with one attached hydrogen (secondary N) is 2. The maximum Gasteiger partial charge on any atom is 0.314 e. The average molecular weight is 573 g/mol. The molecule has 0 fully saturated rings. The zero-order chi connectivity index (χ0) is 22.9. The maximum absolute atomic E-state index is 12.9. The van der Waals surface area contributed by atoms with Gasteiger partial charge in [-0.1, -0.05) is 30.3 Å². The Morgan fingerprint density at radius 1 is 1.12 bits per heavy atom. The van der Waals surface area contributed by atoms with E-state index in [4.69, 9.17) is 4.42 Å². The van der Waals surface area contributed by atoms with Crippen LogP contribution in [-0.4, -0.2) is 36.9 Å². The number of hydrogen-bond acceptors (Lipinski definition) is 7. The quantitative estimate of drug-likeness (QED) is 0.434. The highest BCUT2D eigenvalue weighted by Crippen LogP contribution is 2.29. The SMILES string of the molecule is O=C(NCC(c1ccccc1)c1nnc(C(F)F)o1)C1=NS(=O)(=O)c2cc(I)ccc2N1. The van der Waals surface area contributed by atoms with E-state index in [1.54, 1.807) is 36.4 Å². The molecule has 2 N–H and O–H groups in total. The molecule has 2 heterocycles. The Bertz CT molecular complexity index is 1300. The first-order valence-electron chi connectivity index (χ1n) is 9.11. The van der Waals surface area contributed by atoms with Crippen molar-refractivity contribution in [1.29, 1.82) is 0 Å². The smallest absolute Gasteiger partial charge is 0.314 e. The van der Waals surface area contributed by atoms with Gasteiger partial charge in [0.05, 0.1) is 11.6 Å². The van der Waals surface area contributed by atoms with Gasteiger partial charge in [0.2, 0.25) is 11.7 Å². The highest BCUT2D eigenvalue weighted by atomic mass is 127. The lowest BCUT2D eigenvalue weighted by molar-refractivity contribution is -0.114. The van der Waals surface area contributed by atoms with Gasteiger partial charge >= 0.3 is 6.43 Å². The van der Waals surface area contributed by atoms with Crippen LogP contribution >= 0.6 is 22.6 Å². The Kier molecular flexibility index (Phi) is 6.19. The predicted molar refractivity (Wildman–Crippen MR) is 118 cm³/mol. The van der Waals surface area contributed by atoms with E-state index < -0.39 is 40.0 Å². The zero-order valence-corrected chi connectivity index (χ0v) is 19.0. The van der Waals surface area contributed by atoms with Crippen molar-refractivity contribution >= 4 is 50.0 Å². The molecular formula is C19H14F2IN5O4S. The van der Waals surface area contributed by atoms with Crippen LogP contribution in [-0.2, 0) is 14.8 Å². The van der Waals surface area contributed by atoms with Crippen LogP contribution in [0.4, 0.5) is 14.5 Å². The Morgan fingerprint density at radius 2 is 1.84 bits per heavy atom. The van der Waals surface area contributed by atoms with E-state index in [-0.39, 0.29) is 23.0 Å². The second-order valence-corrected chi connectivity index (χ2v) is 9.45. The van der Waals surface area contributed by atoms with Gasteiger partial charge in [-0.15, -0.1) is 14.6 Å². The normalized spacial score (nSPS) is 15.4. The van der Waals surface area contributed by atoms with Crippen molar-refractivity contribution < 1.29 is 26.4 Å². The molecule has 1 aromatic heterocycles. The number of rotatable bonds is 6. The Hall–Kier alpha value is -2.94. The van der Waals surface area contributed by atoms with Crippen molar-refractivity contribution in [3.63, 3.8) is 0 Å². The van der Waals surface area contributed by atoms with Crippen LogP contribution in [0, 0.1) is 3.57 Å². The standard InChI is InChI=1S/C19H14F2IN5O4S/c20-15(21)19-26-25-18(31-19)12(10-4-2-1-3-5-10)9-23-17(28)16-24-13-7-6-11(22)8-14(13)32(29,30)27-16/h1-8,12,15H,9H2,(H,23,28)(H,24,27). The summed E-state index contributed by atoms with van der Waals surface area (Å²) >= 11 is 1.97. The van der Waals surface area contributed by atoms with Gasteiger partial charge < -0.3 is 15.1 Å². The third kappa shape index (κ3) is 4.62. The Balaban J connectivity index is 1.56. The van der Waals surface area contributed by atoms with E-state index in [1.807, 2.05) is 22.6 Å².